The number of likely N-dealkylation sites (N-methyl/N-ethyl adjacent to an activating group) is 1. The van der Waals surface area contributed by atoms with Crippen LogP contribution in [0.5, 0.6) is 0 Å². The minimum absolute atomic E-state index is 0.478. The summed E-state index contributed by atoms with van der Waals surface area (Å²) in [5.41, 5.74) is -0.627. The van der Waals surface area contributed by atoms with Gasteiger partial charge in [0.2, 0.25) is 0 Å². The number of hydrogen-bond donors (Lipinski definition) is 1. The van der Waals surface area contributed by atoms with Crippen molar-refractivity contribution in [3.05, 3.63) is 0 Å². The number of aliphatic hydroxyl groups is 1. The molecule has 0 aromatic heterocycles. The number of rotatable bonds is 5. The lowest BCUT2D eigenvalue weighted by atomic mass is 10.0. The number of esters is 1. The van der Waals surface area contributed by atoms with E-state index in [1.807, 2.05) is 6.92 Å². The molecule has 0 heterocycles. The van der Waals surface area contributed by atoms with E-state index in [1.54, 1.807) is 20.8 Å². The number of methoxy groups -OCH3 is 1. The highest BCUT2D eigenvalue weighted by Crippen LogP contribution is 2.16. The topological polar surface area (TPSA) is 76.1 Å². The Labute approximate surface area is 114 Å². The van der Waals surface area contributed by atoms with Crippen LogP contribution in [0.3, 0.4) is 0 Å². The molecule has 6 heteroatoms. The van der Waals surface area contributed by atoms with Crippen LogP contribution < -0.4 is 0 Å². The van der Waals surface area contributed by atoms with Gasteiger partial charge in [-0.2, -0.15) is 0 Å². The van der Waals surface area contributed by atoms with Gasteiger partial charge in [0, 0.05) is 7.05 Å². The maximum Gasteiger partial charge on any atom is 0.410 e. The largest absolute Gasteiger partial charge is 0.467 e. The van der Waals surface area contributed by atoms with Crippen molar-refractivity contribution in [2.24, 2.45) is 0 Å². The third kappa shape index (κ3) is 5.92. The lowest BCUT2D eigenvalue weighted by molar-refractivity contribution is -0.153. The molecule has 2 atom stereocenters. The van der Waals surface area contributed by atoms with E-state index in [2.05, 4.69) is 4.74 Å². The summed E-state index contributed by atoms with van der Waals surface area (Å²) in [4.78, 5) is 24.6. The molecule has 0 aromatic carbocycles. The molecule has 0 rings (SSSR count). The second kappa shape index (κ2) is 7.33. The summed E-state index contributed by atoms with van der Waals surface area (Å²) in [5.74, 6) is -0.756. The van der Waals surface area contributed by atoms with Crippen LogP contribution in [0.4, 0.5) is 4.79 Å². The molecule has 0 bridgehead atoms. The van der Waals surface area contributed by atoms with Crippen LogP contribution in [-0.2, 0) is 14.3 Å². The Morgan fingerprint density at radius 1 is 1.32 bits per heavy atom. The first-order chi connectivity index (χ1) is 8.64. The molecular weight excluding hydrogens is 250 g/mol. The molecule has 19 heavy (non-hydrogen) atoms. The van der Waals surface area contributed by atoms with E-state index in [9.17, 15) is 14.7 Å². The van der Waals surface area contributed by atoms with Crippen molar-refractivity contribution in [2.45, 2.75) is 58.3 Å². The zero-order valence-electron chi connectivity index (χ0n) is 12.6. The fourth-order valence-corrected chi connectivity index (χ4v) is 1.61. The number of aliphatic hydroxyl groups excluding tert-OH is 1. The average Bonchev–Trinajstić information content (AvgIpc) is 2.31. The smallest absolute Gasteiger partial charge is 0.410 e. The van der Waals surface area contributed by atoms with Gasteiger partial charge in [0.1, 0.15) is 5.60 Å². The molecule has 0 unspecified atom stereocenters. The van der Waals surface area contributed by atoms with E-state index in [1.165, 1.54) is 19.1 Å². The van der Waals surface area contributed by atoms with Gasteiger partial charge in [-0.05, 0) is 27.2 Å². The van der Waals surface area contributed by atoms with Crippen molar-refractivity contribution in [1.29, 1.82) is 0 Å². The van der Waals surface area contributed by atoms with Gasteiger partial charge < -0.3 is 19.5 Å². The summed E-state index contributed by atoms with van der Waals surface area (Å²) >= 11 is 0. The summed E-state index contributed by atoms with van der Waals surface area (Å²) in [7, 11) is 2.70. The van der Waals surface area contributed by atoms with Crippen LogP contribution >= 0.6 is 0 Å². The predicted molar refractivity (Wildman–Crippen MR) is 70.7 cm³/mol. The van der Waals surface area contributed by atoms with Crippen molar-refractivity contribution in [2.75, 3.05) is 14.2 Å². The number of amides is 1. The van der Waals surface area contributed by atoms with Crippen molar-refractivity contribution in [3.8, 4) is 0 Å². The average molecular weight is 275 g/mol. The Kier molecular flexibility index (Phi) is 6.83. The first-order valence-corrected chi connectivity index (χ1v) is 6.35. The van der Waals surface area contributed by atoms with Gasteiger partial charge in [-0.25, -0.2) is 9.59 Å². The van der Waals surface area contributed by atoms with Crippen LogP contribution in [0.25, 0.3) is 0 Å². The third-order valence-electron chi connectivity index (χ3n) is 2.57. The van der Waals surface area contributed by atoms with Gasteiger partial charge >= 0.3 is 12.1 Å². The number of carbonyl (C=O) groups excluding carboxylic acids is 2. The Morgan fingerprint density at radius 2 is 1.84 bits per heavy atom. The predicted octanol–water partition coefficient (Wildman–Crippen LogP) is 1.56. The van der Waals surface area contributed by atoms with E-state index in [0.29, 0.717) is 12.8 Å². The first-order valence-electron chi connectivity index (χ1n) is 6.35. The number of nitrogens with zero attached hydrogens (tertiary/aromatic N) is 1. The summed E-state index contributed by atoms with van der Waals surface area (Å²) in [6, 6.07) is -0.660. The van der Waals surface area contributed by atoms with Crippen molar-refractivity contribution in [1.82, 2.24) is 4.90 Å². The van der Waals surface area contributed by atoms with Crippen LogP contribution in [0.15, 0.2) is 0 Å². The lowest BCUT2D eigenvalue weighted by Gasteiger charge is -2.32. The monoisotopic (exact) mass is 275 g/mol. The molecule has 1 N–H and O–H groups in total. The standard InChI is InChI=1S/C13H25NO5/c1-7-8-9(10(15)11(16)18-6)14(5)12(17)19-13(2,3)4/h9-10,15H,7-8H2,1-6H3/t9-,10-/m1/s1. The molecule has 112 valence electrons. The first kappa shape index (κ1) is 17.7. The Balaban J connectivity index is 4.87. The normalized spacial score (nSPS) is 14.5. The molecule has 0 saturated carbocycles. The summed E-state index contributed by atoms with van der Waals surface area (Å²) in [6.07, 6.45) is -0.755. The minimum atomic E-state index is -1.37. The van der Waals surface area contributed by atoms with Crippen LogP contribution in [0.2, 0.25) is 0 Å². The van der Waals surface area contributed by atoms with Gasteiger partial charge in [0.05, 0.1) is 13.2 Å². The SMILES string of the molecule is CCC[C@H]([C@@H](O)C(=O)OC)N(C)C(=O)OC(C)(C)C. The minimum Gasteiger partial charge on any atom is -0.467 e. The van der Waals surface area contributed by atoms with Gasteiger partial charge in [-0.3, -0.25) is 0 Å². The van der Waals surface area contributed by atoms with Crippen molar-refractivity contribution < 1.29 is 24.2 Å². The van der Waals surface area contributed by atoms with Gasteiger partial charge in [0.25, 0.3) is 0 Å². The highest BCUT2D eigenvalue weighted by molar-refractivity contribution is 5.76. The molecule has 0 fully saturated rings. The van der Waals surface area contributed by atoms with Gasteiger partial charge in [-0.1, -0.05) is 13.3 Å². The number of carbonyl (C=O) groups is 2. The molecular formula is C13H25NO5. The van der Waals surface area contributed by atoms with Crippen LogP contribution in [-0.4, -0.2) is 54.0 Å². The van der Waals surface area contributed by atoms with E-state index in [4.69, 9.17) is 4.74 Å². The van der Waals surface area contributed by atoms with E-state index < -0.39 is 29.8 Å². The molecule has 0 aliphatic carbocycles. The fourth-order valence-electron chi connectivity index (χ4n) is 1.61. The quantitative estimate of drug-likeness (QED) is 0.770. The second-order valence-corrected chi connectivity index (χ2v) is 5.42. The molecule has 0 aromatic rings. The zero-order valence-corrected chi connectivity index (χ0v) is 12.6. The van der Waals surface area contributed by atoms with Crippen molar-refractivity contribution in [3.63, 3.8) is 0 Å². The van der Waals surface area contributed by atoms with Gasteiger partial charge in [-0.15, -0.1) is 0 Å². The number of hydrogen-bond acceptors (Lipinski definition) is 5. The Bertz CT molecular complexity index is 311. The number of ether oxygens (including phenoxy) is 2. The molecule has 0 spiro atoms. The molecule has 1 amide bonds. The summed E-state index contributed by atoms with van der Waals surface area (Å²) in [6.45, 7) is 7.17. The fraction of sp³-hybridized carbons (Fsp3) is 0.846. The molecule has 0 saturated heterocycles. The van der Waals surface area contributed by atoms with Crippen LogP contribution in [0, 0.1) is 0 Å². The Hall–Kier alpha value is -1.30. The maximum atomic E-state index is 11.9. The molecule has 0 aliphatic heterocycles. The Morgan fingerprint density at radius 3 is 2.21 bits per heavy atom. The highest BCUT2D eigenvalue weighted by atomic mass is 16.6. The lowest BCUT2D eigenvalue weighted by Crippen LogP contribution is -2.49. The van der Waals surface area contributed by atoms with E-state index in [-0.39, 0.29) is 0 Å². The van der Waals surface area contributed by atoms with Crippen molar-refractivity contribution >= 4 is 12.1 Å². The molecule has 6 nitrogen and oxygen atoms in total. The third-order valence-corrected chi connectivity index (χ3v) is 2.57. The second-order valence-electron chi connectivity index (χ2n) is 5.42. The highest BCUT2D eigenvalue weighted by Gasteiger charge is 2.33. The van der Waals surface area contributed by atoms with E-state index >= 15 is 0 Å². The van der Waals surface area contributed by atoms with E-state index in [0.717, 1.165) is 0 Å². The zero-order chi connectivity index (χ0) is 15.2. The van der Waals surface area contributed by atoms with Crippen LogP contribution in [0.1, 0.15) is 40.5 Å². The molecule has 0 radical (unpaired) electrons. The summed E-state index contributed by atoms with van der Waals surface area (Å²) < 4.78 is 9.72. The molecule has 0 aliphatic rings. The maximum absolute atomic E-state index is 11.9. The van der Waals surface area contributed by atoms with Gasteiger partial charge in [0.15, 0.2) is 6.10 Å². The summed E-state index contributed by atoms with van der Waals surface area (Å²) in [5, 5.41) is 9.90.